The molecule has 4 aromatic rings. The van der Waals surface area contributed by atoms with E-state index in [-0.39, 0.29) is 0 Å². The summed E-state index contributed by atoms with van der Waals surface area (Å²) in [4.78, 5) is 0.911. The zero-order valence-electron chi connectivity index (χ0n) is 11.8. The summed E-state index contributed by atoms with van der Waals surface area (Å²) in [6, 6.07) is 16.7. The molecule has 0 saturated carbocycles. The fraction of sp³-hybridized carbons (Fsp3) is 0.0588. The summed E-state index contributed by atoms with van der Waals surface area (Å²) < 4.78 is 3.18. The molecule has 0 aliphatic heterocycles. The largest absolute Gasteiger partial charge is 0.265 e. The Morgan fingerprint density at radius 3 is 2.32 bits per heavy atom. The standard InChI is InChI=1S/C17H12BrN3S/c1-11-2-4-12(5-3-11)15-10-22-17-20-19-16(21(15)17)13-6-8-14(18)9-7-13/h2-10H,1H3. The van der Waals surface area contributed by atoms with Gasteiger partial charge in [0.2, 0.25) is 4.96 Å². The molecule has 0 radical (unpaired) electrons. The normalized spacial score (nSPS) is 11.2. The van der Waals surface area contributed by atoms with Gasteiger partial charge >= 0.3 is 0 Å². The predicted octanol–water partition coefficient (Wildman–Crippen LogP) is 5.20. The van der Waals surface area contributed by atoms with Crippen molar-refractivity contribution in [2.45, 2.75) is 6.92 Å². The number of rotatable bonds is 2. The van der Waals surface area contributed by atoms with E-state index < -0.39 is 0 Å². The predicted molar refractivity (Wildman–Crippen MR) is 94.2 cm³/mol. The monoisotopic (exact) mass is 369 g/mol. The molecule has 0 saturated heterocycles. The van der Waals surface area contributed by atoms with Gasteiger partial charge in [-0.1, -0.05) is 57.9 Å². The maximum absolute atomic E-state index is 4.37. The SMILES string of the molecule is Cc1ccc(-c2csc3nnc(-c4ccc(Br)cc4)n23)cc1. The third-order valence-corrected chi connectivity index (χ3v) is 4.94. The summed E-state index contributed by atoms with van der Waals surface area (Å²) in [6.07, 6.45) is 0. The summed E-state index contributed by atoms with van der Waals surface area (Å²) in [5.74, 6) is 0.874. The highest BCUT2D eigenvalue weighted by Gasteiger charge is 2.14. The number of aryl methyl sites for hydroxylation is 1. The second kappa shape index (κ2) is 5.34. The summed E-state index contributed by atoms with van der Waals surface area (Å²) in [5, 5.41) is 10.8. The van der Waals surface area contributed by atoms with Crippen molar-refractivity contribution in [2.24, 2.45) is 0 Å². The zero-order chi connectivity index (χ0) is 15.1. The Morgan fingerprint density at radius 2 is 1.59 bits per heavy atom. The molecule has 4 rings (SSSR count). The second-order valence-corrected chi connectivity index (χ2v) is 6.89. The van der Waals surface area contributed by atoms with Crippen molar-refractivity contribution in [1.82, 2.24) is 14.6 Å². The van der Waals surface area contributed by atoms with E-state index >= 15 is 0 Å². The second-order valence-electron chi connectivity index (χ2n) is 5.14. The lowest BCUT2D eigenvalue weighted by atomic mass is 10.1. The molecule has 0 bridgehead atoms. The van der Waals surface area contributed by atoms with Crippen molar-refractivity contribution >= 4 is 32.2 Å². The van der Waals surface area contributed by atoms with E-state index in [1.807, 2.05) is 12.1 Å². The molecule has 0 N–H and O–H groups in total. The van der Waals surface area contributed by atoms with Gasteiger partial charge in [0.1, 0.15) is 0 Å². The number of thiazole rings is 1. The molecule has 2 aromatic heterocycles. The van der Waals surface area contributed by atoms with E-state index in [1.54, 1.807) is 11.3 Å². The summed E-state index contributed by atoms with van der Waals surface area (Å²) in [6.45, 7) is 2.10. The van der Waals surface area contributed by atoms with Crippen LogP contribution in [0.15, 0.2) is 58.4 Å². The first-order chi connectivity index (χ1) is 10.7. The molecule has 0 aliphatic rings. The fourth-order valence-corrected chi connectivity index (χ4v) is 3.53. The Kier molecular flexibility index (Phi) is 3.32. The lowest BCUT2D eigenvalue weighted by Gasteiger charge is -2.04. The van der Waals surface area contributed by atoms with Gasteiger partial charge in [0.05, 0.1) is 5.69 Å². The quantitative estimate of drug-likeness (QED) is 0.486. The first kappa shape index (κ1) is 13.7. The molecular weight excluding hydrogens is 358 g/mol. The number of aromatic nitrogens is 3. The van der Waals surface area contributed by atoms with Crippen molar-refractivity contribution in [3.05, 3.63) is 63.9 Å². The molecule has 0 unspecified atom stereocenters. The van der Waals surface area contributed by atoms with Gasteiger partial charge in [0.15, 0.2) is 5.82 Å². The van der Waals surface area contributed by atoms with E-state index in [9.17, 15) is 0 Å². The minimum atomic E-state index is 0.874. The van der Waals surface area contributed by atoms with Crippen LogP contribution < -0.4 is 0 Å². The van der Waals surface area contributed by atoms with Crippen molar-refractivity contribution in [2.75, 3.05) is 0 Å². The van der Waals surface area contributed by atoms with Gasteiger partial charge in [-0.15, -0.1) is 21.5 Å². The van der Waals surface area contributed by atoms with Crippen molar-refractivity contribution in [3.63, 3.8) is 0 Å². The van der Waals surface area contributed by atoms with Gasteiger partial charge < -0.3 is 0 Å². The van der Waals surface area contributed by atoms with E-state index in [2.05, 4.69) is 79.2 Å². The highest BCUT2D eigenvalue weighted by molar-refractivity contribution is 9.10. The van der Waals surface area contributed by atoms with Crippen LogP contribution in [0.3, 0.4) is 0 Å². The summed E-state index contributed by atoms with van der Waals surface area (Å²) >= 11 is 5.08. The molecule has 0 amide bonds. The first-order valence-corrected chi connectivity index (χ1v) is 8.55. The van der Waals surface area contributed by atoms with Crippen LogP contribution in [0.2, 0.25) is 0 Å². The number of hydrogen-bond donors (Lipinski definition) is 0. The molecule has 22 heavy (non-hydrogen) atoms. The minimum absolute atomic E-state index is 0.874. The van der Waals surface area contributed by atoms with Crippen LogP contribution in [0.5, 0.6) is 0 Å². The minimum Gasteiger partial charge on any atom is -0.265 e. The Hall–Kier alpha value is -1.98. The average Bonchev–Trinajstić information content (AvgIpc) is 3.11. The van der Waals surface area contributed by atoms with Crippen LogP contribution in [-0.2, 0) is 0 Å². The number of nitrogens with zero attached hydrogens (tertiary/aromatic N) is 3. The summed E-state index contributed by atoms with van der Waals surface area (Å²) in [5.41, 5.74) is 4.62. The molecule has 0 aliphatic carbocycles. The van der Waals surface area contributed by atoms with Gasteiger partial charge in [-0.25, -0.2) is 0 Å². The van der Waals surface area contributed by atoms with Crippen molar-refractivity contribution in [3.8, 4) is 22.6 Å². The Bertz CT molecular complexity index is 861. The van der Waals surface area contributed by atoms with Gasteiger partial charge in [-0.3, -0.25) is 4.40 Å². The van der Waals surface area contributed by atoms with Gasteiger partial charge in [-0.2, -0.15) is 0 Å². The van der Waals surface area contributed by atoms with Crippen LogP contribution in [0.4, 0.5) is 0 Å². The van der Waals surface area contributed by atoms with Crippen LogP contribution in [0, 0.1) is 6.92 Å². The Labute approximate surface area is 140 Å². The molecule has 0 spiro atoms. The van der Waals surface area contributed by atoms with Gasteiger partial charge in [0, 0.05) is 15.4 Å². The molecule has 5 heteroatoms. The van der Waals surface area contributed by atoms with E-state index in [1.165, 1.54) is 11.1 Å². The Balaban J connectivity index is 1.92. The fourth-order valence-electron chi connectivity index (χ4n) is 2.43. The highest BCUT2D eigenvalue weighted by atomic mass is 79.9. The molecule has 0 fully saturated rings. The van der Waals surface area contributed by atoms with Crippen LogP contribution in [-0.4, -0.2) is 14.6 Å². The molecular formula is C17H12BrN3S. The smallest absolute Gasteiger partial charge is 0.216 e. The molecule has 3 nitrogen and oxygen atoms in total. The molecule has 108 valence electrons. The molecule has 2 aromatic carbocycles. The lowest BCUT2D eigenvalue weighted by Crippen LogP contribution is -1.91. The van der Waals surface area contributed by atoms with E-state index in [4.69, 9.17) is 0 Å². The topological polar surface area (TPSA) is 30.2 Å². The lowest BCUT2D eigenvalue weighted by molar-refractivity contribution is 1.11. The van der Waals surface area contributed by atoms with Crippen molar-refractivity contribution < 1.29 is 0 Å². The maximum Gasteiger partial charge on any atom is 0.216 e. The van der Waals surface area contributed by atoms with Crippen LogP contribution >= 0.6 is 27.3 Å². The number of hydrogen-bond acceptors (Lipinski definition) is 3. The van der Waals surface area contributed by atoms with E-state index in [0.717, 1.165) is 26.5 Å². The Morgan fingerprint density at radius 1 is 0.909 bits per heavy atom. The zero-order valence-corrected chi connectivity index (χ0v) is 14.2. The maximum atomic E-state index is 4.37. The van der Waals surface area contributed by atoms with Crippen LogP contribution in [0.25, 0.3) is 27.6 Å². The van der Waals surface area contributed by atoms with E-state index in [0.29, 0.717) is 0 Å². The highest BCUT2D eigenvalue weighted by Crippen LogP contribution is 2.30. The molecule has 0 atom stereocenters. The summed E-state index contributed by atoms with van der Waals surface area (Å²) in [7, 11) is 0. The molecule has 2 heterocycles. The number of halogens is 1. The number of fused-ring (bicyclic) bond motifs is 1. The van der Waals surface area contributed by atoms with Crippen molar-refractivity contribution in [1.29, 1.82) is 0 Å². The van der Waals surface area contributed by atoms with Gasteiger partial charge in [-0.05, 0) is 24.6 Å². The number of benzene rings is 2. The van der Waals surface area contributed by atoms with Gasteiger partial charge in [0.25, 0.3) is 0 Å². The third kappa shape index (κ3) is 2.26. The third-order valence-electron chi connectivity index (χ3n) is 3.60. The first-order valence-electron chi connectivity index (χ1n) is 6.88. The average molecular weight is 370 g/mol. The van der Waals surface area contributed by atoms with Crippen LogP contribution in [0.1, 0.15) is 5.56 Å².